The van der Waals surface area contributed by atoms with E-state index >= 15 is 0 Å². The number of piperidine rings is 1. The van der Waals surface area contributed by atoms with Crippen molar-refractivity contribution in [3.63, 3.8) is 0 Å². The summed E-state index contributed by atoms with van der Waals surface area (Å²) in [7, 11) is 0. The van der Waals surface area contributed by atoms with Crippen LogP contribution in [-0.4, -0.2) is 29.8 Å². The quantitative estimate of drug-likeness (QED) is 0.897. The molecule has 2 rings (SSSR count). The average Bonchev–Trinajstić information content (AvgIpc) is 3.04. The van der Waals surface area contributed by atoms with Crippen molar-refractivity contribution in [2.75, 3.05) is 13.1 Å². The first-order valence-electron chi connectivity index (χ1n) is 8.83. The fraction of sp³-hybridized carbons (Fsp3) is 0.684. The summed E-state index contributed by atoms with van der Waals surface area (Å²) in [6, 6.07) is 4.19. The van der Waals surface area contributed by atoms with Gasteiger partial charge in [-0.3, -0.25) is 9.59 Å². The summed E-state index contributed by atoms with van der Waals surface area (Å²) in [6.07, 6.45) is 1.51. The molecule has 0 aromatic carbocycles. The van der Waals surface area contributed by atoms with Gasteiger partial charge in [0.2, 0.25) is 11.8 Å². The van der Waals surface area contributed by atoms with Gasteiger partial charge in [-0.15, -0.1) is 11.3 Å². The first-order chi connectivity index (χ1) is 11.2. The highest BCUT2D eigenvalue weighted by Crippen LogP contribution is 2.28. The minimum Gasteiger partial charge on any atom is -0.348 e. The molecule has 1 aromatic rings. The van der Waals surface area contributed by atoms with E-state index in [0.717, 1.165) is 12.8 Å². The fourth-order valence-electron chi connectivity index (χ4n) is 3.12. The number of nitrogens with zero attached hydrogens (tertiary/aromatic N) is 1. The smallest absolute Gasteiger partial charge is 0.227 e. The Labute approximate surface area is 149 Å². The molecule has 24 heavy (non-hydrogen) atoms. The van der Waals surface area contributed by atoms with Crippen LogP contribution in [0.3, 0.4) is 0 Å². The van der Waals surface area contributed by atoms with Crippen LogP contribution >= 0.6 is 11.3 Å². The zero-order valence-electron chi connectivity index (χ0n) is 15.5. The molecule has 0 aliphatic carbocycles. The molecule has 1 aliphatic heterocycles. The number of carbonyl (C=O) groups excluding carboxylic acids is 2. The van der Waals surface area contributed by atoms with Crippen LogP contribution in [0.4, 0.5) is 0 Å². The molecular weight excluding hydrogens is 320 g/mol. The minimum atomic E-state index is -0.350. The predicted molar refractivity (Wildman–Crippen MR) is 98.8 cm³/mol. The predicted octanol–water partition coefficient (Wildman–Crippen LogP) is 3.85. The average molecular weight is 351 g/mol. The summed E-state index contributed by atoms with van der Waals surface area (Å²) in [5.41, 5.74) is -0.350. The Hall–Kier alpha value is -1.36. The third-order valence-corrected chi connectivity index (χ3v) is 5.56. The number of nitrogens with one attached hydrogen (secondary N) is 1. The van der Waals surface area contributed by atoms with Gasteiger partial charge in [0.25, 0.3) is 0 Å². The van der Waals surface area contributed by atoms with Crippen LogP contribution in [0.15, 0.2) is 17.5 Å². The van der Waals surface area contributed by atoms with Crippen molar-refractivity contribution in [1.82, 2.24) is 10.2 Å². The molecule has 1 saturated heterocycles. The number of hydrogen-bond acceptors (Lipinski definition) is 3. The molecule has 0 radical (unpaired) electrons. The summed E-state index contributed by atoms with van der Waals surface area (Å²) in [4.78, 5) is 28.1. The molecule has 1 aliphatic rings. The molecule has 0 spiro atoms. The van der Waals surface area contributed by atoms with E-state index in [0.29, 0.717) is 19.0 Å². The number of carbonyl (C=O) groups is 2. The summed E-state index contributed by atoms with van der Waals surface area (Å²) >= 11 is 1.69. The Morgan fingerprint density at radius 2 is 1.88 bits per heavy atom. The second-order valence-electron chi connectivity index (χ2n) is 8.06. The summed E-state index contributed by atoms with van der Waals surface area (Å²) in [5.74, 6) is 0.676. The maximum atomic E-state index is 12.7. The number of thiophene rings is 1. The van der Waals surface area contributed by atoms with Gasteiger partial charge < -0.3 is 10.2 Å². The molecule has 1 N–H and O–H groups in total. The number of amides is 2. The third-order valence-electron chi connectivity index (χ3n) is 4.61. The molecule has 1 fully saturated rings. The van der Waals surface area contributed by atoms with Crippen LogP contribution < -0.4 is 5.32 Å². The van der Waals surface area contributed by atoms with Crippen LogP contribution in [0, 0.1) is 17.3 Å². The van der Waals surface area contributed by atoms with E-state index in [9.17, 15) is 9.59 Å². The Kier molecular flexibility index (Phi) is 6.07. The standard InChI is InChI=1S/C19H30N2O2S/c1-13(2)16(15-7-6-12-24-15)20-17(22)14-8-10-21(11-9-14)18(23)19(3,4)5/h6-7,12-14,16H,8-11H2,1-5H3,(H,20,22)/t16-/m1/s1. The molecule has 1 aromatic heterocycles. The topological polar surface area (TPSA) is 49.4 Å². The van der Waals surface area contributed by atoms with Crippen molar-refractivity contribution >= 4 is 23.2 Å². The molecule has 1 atom stereocenters. The lowest BCUT2D eigenvalue weighted by atomic mass is 9.90. The van der Waals surface area contributed by atoms with E-state index in [1.807, 2.05) is 37.1 Å². The highest BCUT2D eigenvalue weighted by atomic mass is 32.1. The van der Waals surface area contributed by atoms with Crippen molar-refractivity contribution < 1.29 is 9.59 Å². The Morgan fingerprint density at radius 1 is 1.25 bits per heavy atom. The molecule has 2 heterocycles. The largest absolute Gasteiger partial charge is 0.348 e. The third kappa shape index (κ3) is 4.59. The molecule has 134 valence electrons. The lowest BCUT2D eigenvalue weighted by Crippen LogP contribution is -2.47. The zero-order valence-corrected chi connectivity index (χ0v) is 16.3. The molecular formula is C19H30N2O2S. The van der Waals surface area contributed by atoms with E-state index in [2.05, 4.69) is 25.2 Å². The van der Waals surface area contributed by atoms with Crippen LogP contribution in [-0.2, 0) is 9.59 Å². The Morgan fingerprint density at radius 3 is 2.33 bits per heavy atom. The van der Waals surface area contributed by atoms with E-state index in [4.69, 9.17) is 0 Å². The monoisotopic (exact) mass is 350 g/mol. The van der Waals surface area contributed by atoms with Gasteiger partial charge in [0.1, 0.15) is 0 Å². The molecule has 4 nitrogen and oxygen atoms in total. The van der Waals surface area contributed by atoms with Gasteiger partial charge in [-0.25, -0.2) is 0 Å². The molecule has 2 amide bonds. The molecule has 0 saturated carbocycles. The minimum absolute atomic E-state index is 0.00947. The van der Waals surface area contributed by atoms with Crippen molar-refractivity contribution in [1.29, 1.82) is 0 Å². The maximum absolute atomic E-state index is 12.7. The SMILES string of the molecule is CC(C)[C@@H](NC(=O)C1CCN(C(=O)C(C)(C)C)CC1)c1cccs1. The van der Waals surface area contributed by atoms with Gasteiger partial charge in [0, 0.05) is 29.3 Å². The van der Waals surface area contributed by atoms with Crippen LogP contribution in [0.5, 0.6) is 0 Å². The van der Waals surface area contributed by atoms with E-state index in [-0.39, 0.29) is 29.2 Å². The summed E-state index contributed by atoms with van der Waals surface area (Å²) in [5, 5.41) is 5.28. The van der Waals surface area contributed by atoms with Gasteiger partial charge in [-0.05, 0) is 30.2 Å². The number of likely N-dealkylation sites (tertiary alicyclic amines) is 1. The highest BCUT2D eigenvalue weighted by molar-refractivity contribution is 7.10. The van der Waals surface area contributed by atoms with Crippen LogP contribution in [0.25, 0.3) is 0 Å². The van der Waals surface area contributed by atoms with Gasteiger partial charge in [-0.2, -0.15) is 0 Å². The van der Waals surface area contributed by atoms with Gasteiger partial charge in [0.05, 0.1) is 6.04 Å². The van der Waals surface area contributed by atoms with Gasteiger partial charge in [-0.1, -0.05) is 40.7 Å². The van der Waals surface area contributed by atoms with Crippen LogP contribution in [0.1, 0.15) is 58.4 Å². The second-order valence-corrected chi connectivity index (χ2v) is 9.04. The lowest BCUT2D eigenvalue weighted by Gasteiger charge is -2.35. The molecule has 5 heteroatoms. The normalized spacial score (nSPS) is 17.8. The van der Waals surface area contributed by atoms with Crippen molar-refractivity contribution in [3.05, 3.63) is 22.4 Å². The van der Waals surface area contributed by atoms with Gasteiger partial charge >= 0.3 is 0 Å². The molecule has 0 unspecified atom stereocenters. The number of rotatable bonds is 4. The Balaban J connectivity index is 1.92. The lowest BCUT2D eigenvalue weighted by molar-refractivity contribution is -0.142. The van der Waals surface area contributed by atoms with Crippen molar-refractivity contribution in [3.8, 4) is 0 Å². The second kappa shape index (κ2) is 7.68. The first-order valence-corrected chi connectivity index (χ1v) is 9.71. The Bertz CT molecular complexity index is 552. The summed E-state index contributed by atoms with van der Waals surface area (Å²) < 4.78 is 0. The zero-order chi connectivity index (χ0) is 17.9. The molecule has 0 bridgehead atoms. The van der Waals surface area contributed by atoms with Crippen molar-refractivity contribution in [2.45, 2.75) is 53.5 Å². The van der Waals surface area contributed by atoms with Gasteiger partial charge in [0.15, 0.2) is 0 Å². The van der Waals surface area contributed by atoms with E-state index in [1.54, 1.807) is 11.3 Å². The highest BCUT2D eigenvalue weighted by Gasteiger charge is 2.33. The first kappa shape index (κ1) is 19.0. The fourth-order valence-corrected chi connectivity index (χ4v) is 4.07. The summed E-state index contributed by atoms with van der Waals surface area (Å²) in [6.45, 7) is 11.5. The van der Waals surface area contributed by atoms with Crippen molar-refractivity contribution in [2.24, 2.45) is 17.3 Å². The van der Waals surface area contributed by atoms with Crippen LogP contribution in [0.2, 0.25) is 0 Å². The van der Waals surface area contributed by atoms with E-state index < -0.39 is 0 Å². The number of hydrogen-bond donors (Lipinski definition) is 1. The maximum Gasteiger partial charge on any atom is 0.227 e. The van der Waals surface area contributed by atoms with E-state index in [1.165, 1.54) is 4.88 Å².